The summed E-state index contributed by atoms with van der Waals surface area (Å²) in [6.45, 7) is 3.16. The lowest BCUT2D eigenvalue weighted by molar-refractivity contribution is -0.118. The third-order valence-corrected chi connectivity index (χ3v) is 2.43. The second-order valence-corrected chi connectivity index (χ2v) is 4.30. The molecule has 0 aliphatic heterocycles. The van der Waals surface area contributed by atoms with Crippen molar-refractivity contribution in [2.24, 2.45) is 5.73 Å². The topological polar surface area (TPSA) is 101 Å². The van der Waals surface area contributed by atoms with Crippen molar-refractivity contribution in [3.63, 3.8) is 0 Å². The van der Waals surface area contributed by atoms with E-state index in [1.165, 1.54) is 6.92 Å². The number of amides is 3. The van der Waals surface area contributed by atoms with Crippen LogP contribution in [0.2, 0.25) is 0 Å². The van der Waals surface area contributed by atoms with Crippen LogP contribution >= 0.6 is 0 Å². The van der Waals surface area contributed by atoms with Crippen LogP contribution in [0.25, 0.3) is 0 Å². The van der Waals surface area contributed by atoms with Crippen molar-refractivity contribution in [1.29, 1.82) is 0 Å². The molecule has 1 unspecified atom stereocenters. The summed E-state index contributed by atoms with van der Waals surface area (Å²) >= 11 is 0. The molecule has 0 fully saturated rings. The van der Waals surface area contributed by atoms with Crippen LogP contribution in [0.4, 0.5) is 10.5 Å². The highest BCUT2D eigenvalue weighted by Gasteiger charge is 2.09. The third-order valence-electron chi connectivity index (χ3n) is 2.43. The standard InChI is InChI=1S/C13H17N3O3/c1-8(7-12(14)18)15-13(19)16-11-5-3-10(4-6-11)9(2)17/h3-6,8H,7H2,1-2H3,(H2,14,18)(H2,15,16,19). The smallest absolute Gasteiger partial charge is 0.319 e. The first-order valence-electron chi connectivity index (χ1n) is 5.85. The number of ketones is 1. The first-order valence-corrected chi connectivity index (χ1v) is 5.85. The van der Waals surface area contributed by atoms with Gasteiger partial charge in [0.2, 0.25) is 5.91 Å². The molecule has 6 nitrogen and oxygen atoms in total. The molecule has 3 amide bonds. The Balaban J connectivity index is 2.52. The van der Waals surface area contributed by atoms with E-state index in [2.05, 4.69) is 10.6 Å². The number of rotatable bonds is 5. The molecule has 0 radical (unpaired) electrons. The Kier molecular flexibility index (Phi) is 5.05. The Bertz CT molecular complexity index is 482. The summed E-state index contributed by atoms with van der Waals surface area (Å²) in [6.07, 6.45) is 0.0801. The Morgan fingerprint density at radius 3 is 2.26 bits per heavy atom. The molecule has 1 aromatic rings. The maximum atomic E-state index is 11.6. The van der Waals surface area contributed by atoms with E-state index < -0.39 is 11.9 Å². The summed E-state index contributed by atoms with van der Waals surface area (Å²) < 4.78 is 0. The molecular formula is C13H17N3O3. The van der Waals surface area contributed by atoms with Gasteiger partial charge in [0.1, 0.15) is 0 Å². The summed E-state index contributed by atoms with van der Waals surface area (Å²) in [5.74, 6) is -0.510. The first-order chi connectivity index (χ1) is 8.88. The van der Waals surface area contributed by atoms with Gasteiger partial charge in [0, 0.05) is 23.7 Å². The van der Waals surface area contributed by atoms with Crippen LogP contribution in [-0.4, -0.2) is 23.8 Å². The Labute approximate surface area is 111 Å². The number of hydrogen-bond acceptors (Lipinski definition) is 3. The number of benzene rings is 1. The van der Waals surface area contributed by atoms with E-state index in [-0.39, 0.29) is 18.2 Å². The van der Waals surface area contributed by atoms with Crippen LogP contribution in [0.15, 0.2) is 24.3 Å². The summed E-state index contributed by atoms with van der Waals surface area (Å²) in [5, 5.41) is 5.18. The Morgan fingerprint density at radius 2 is 1.79 bits per heavy atom. The first kappa shape index (κ1) is 14.7. The number of primary amides is 1. The predicted molar refractivity (Wildman–Crippen MR) is 71.9 cm³/mol. The maximum Gasteiger partial charge on any atom is 0.319 e. The molecule has 102 valence electrons. The number of nitrogens with one attached hydrogen (secondary N) is 2. The molecule has 0 aromatic heterocycles. The Morgan fingerprint density at radius 1 is 1.21 bits per heavy atom. The summed E-state index contributed by atoms with van der Waals surface area (Å²) in [6, 6.07) is 5.76. The molecule has 0 aliphatic rings. The lowest BCUT2D eigenvalue weighted by atomic mass is 10.1. The van der Waals surface area contributed by atoms with Crippen LogP contribution in [0.3, 0.4) is 0 Å². The normalized spacial score (nSPS) is 11.5. The molecule has 6 heteroatoms. The van der Waals surface area contributed by atoms with Gasteiger partial charge in [-0.25, -0.2) is 4.79 Å². The summed E-state index contributed by atoms with van der Waals surface area (Å²) in [7, 11) is 0. The minimum absolute atomic E-state index is 0.0360. The molecule has 4 N–H and O–H groups in total. The van der Waals surface area contributed by atoms with Crippen molar-refractivity contribution >= 4 is 23.4 Å². The van der Waals surface area contributed by atoms with Gasteiger partial charge in [-0.3, -0.25) is 9.59 Å². The van der Waals surface area contributed by atoms with E-state index in [9.17, 15) is 14.4 Å². The number of carbonyl (C=O) groups excluding carboxylic acids is 3. The van der Waals surface area contributed by atoms with E-state index in [4.69, 9.17) is 5.73 Å². The highest BCUT2D eigenvalue weighted by atomic mass is 16.2. The van der Waals surface area contributed by atoms with Crippen molar-refractivity contribution in [2.75, 3.05) is 5.32 Å². The SMILES string of the molecule is CC(=O)c1ccc(NC(=O)NC(C)CC(N)=O)cc1. The highest BCUT2D eigenvalue weighted by molar-refractivity contribution is 5.95. The van der Waals surface area contributed by atoms with Gasteiger partial charge in [-0.1, -0.05) is 0 Å². The fourth-order valence-electron chi connectivity index (χ4n) is 1.53. The lowest BCUT2D eigenvalue weighted by Crippen LogP contribution is -2.38. The highest BCUT2D eigenvalue weighted by Crippen LogP contribution is 2.09. The fourth-order valence-corrected chi connectivity index (χ4v) is 1.53. The molecular weight excluding hydrogens is 246 g/mol. The van der Waals surface area contributed by atoms with E-state index in [1.54, 1.807) is 31.2 Å². The van der Waals surface area contributed by atoms with Crippen molar-refractivity contribution in [3.05, 3.63) is 29.8 Å². The second kappa shape index (κ2) is 6.53. The minimum Gasteiger partial charge on any atom is -0.370 e. The number of hydrogen-bond donors (Lipinski definition) is 3. The van der Waals surface area contributed by atoms with Gasteiger partial charge in [-0.05, 0) is 38.1 Å². The van der Waals surface area contributed by atoms with Crippen molar-refractivity contribution < 1.29 is 14.4 Å². The molecule has 1 rings (SSSR count). The molecule has 0 saturated carbocycles. The van der Waals surface area contributed by atoms with Gasteiger partial charge in [-0.2, -0.15) is 0 Å². The average molecular weight is 263 g/mol. The zero-order valence-corrected chi connectivity index (χ0v) is 10.9. The number of carbonyl (C=O) groups is 3. The van der Waals surface area contributed by atoms with Gasteiger partial charge in [0.05, 0.1) is 0 Å². The summed E-state index contributed by atoms with van der Waals surface area (Å²) in [4.78, 5) is 33.3. The Hall–Kier alpha value is -2.37. The lowest BCUT2D eigenvalue weighted by Gasteiger charge is -2.13. The van der Waals surface area contributed by atoms with Crippen LogP contribution in [-0.2, 0) is 4.79 Å². The fraction of sp³-hybridized carbons (Fsp3) is 0.308. The van der Waals surface area contributed by atoms with Crippen molar-refractivity contribution in [3.8, 4) is 0 Å². The van der Waals surface area contributed by atoms with E-state index >= 15 is 0 Å². The molecule has 0 spiro atoms. The molecule has 0 bridgehead atoms. The molecule has 0 heterocycles. The molecule has 0 aliphatic carbocycles. The quantitative estimate of drug-likeness (QED) is 0.697. The van der Waals surface area contributed by atoms with E-state index in [0.717, 1.165) is 0 Å². The van der Waals surface area contributed by atoms with Gasteiger partial charge in [0.25, 0.3) is 0 Å². The van der Waals surface area contributed by atoms with Crippen LogP contribution in [0, 0.1) is 0 Å². The molecule has 0 saturated heterocycles. The van der Waals surface area contributed by atoms with Crippen LogP contribution < -0.4 is 16.4 Å². The zero-order valence-electron chi connectivity index (χ0n) is 10.9. The number of Topliss-reactive ketones (excluding diaryl/α,β-unsaturated/α-hetero) is 1. The van der Waals surface area contributed by atoms with Crippen LogP contribution in [0.5, 0.6) is 0 Å². The number of urea groups is 1. The average Bonchev–Trinajstić information content (AvgIpc) is 2.27. The number of nitrogens with two attached hydrogens (primary N) is 1. The second-order valence-electron chi connectivity index (χ2n) is 4.30. The zero-order chi connectivity index (χ0) is 14.4. The van der Waals surface area contributed by atoms with Gasteiger partial charge >= 0.3 is 6.03 Å². The molecule has 19 heavy (non-hydrogen) atoms. The van der Waals surface area contributed by atoms with Crippen LogP contribution in [0.1, 0.15) is 30.6 Å². The van der Waals surface area contributed by atoms with E-state index in [1.807, 2.05) is 0 Å². The maximum absolute atomic E-state index is 11.6. The monoisotopic (exact) mass is 263 g/mol. The largest absolute Gasteiger partial charge is 0.370 e. The minimum atomic E-state index is -0.474. The summed E-state index contributed by atoms with van der Waals surface area (Å²) in [5.41, 5.74) is 6.16. The third kappa shape index (κ3) is 5.20. The van der Waals surface area contributed by atoms with Gasteiger partial charge in [-0.15, -0.1) is 0 Å². The predicted octanol–water partition coefficient (Wildman–Crippen LogP) is 1.27. The molecule has 1 aromatic carbocycles. The van der Waals surface area contributed by atoms with Crippen molar-refractivity contribution in [2.45, 2.75) is 26.3 Å². The van der Waals surface area contributed by atoms with Gasteiger partial charge in [0.15, 0.2) is 5.78 Å². The molecule has 1 atom stereocenters. The van der Waals surface area contributed by atoms with E-state index in [0.29, 0.717) is 11.3 Å². The van der Waals surface area contributed by atoms with Crippen molar-refractivity contribution in [1.82, 2.24) is 5.32 Å². The number of anilines is 1. The van der Waals surface area contributed by atoms with Gasteiger partial charge < -0.3 is 16.4 Å².